The van der Waals surface area contributed by atoms with E-state index in [1.807, 2.05) is 36.7 Å². The molecule has 6 rings (SSSR count). The molecule has 0 unspecified atom stereocenters. The van der Waals surface area contributed by atoms with E-state index >= 15 is 0 Å². The Kier molecular flexibility index (Phi) is 8.61. The molecule has 2 heterocycles. The van der Waals surface area contributed by atoms with Gasteiger partial charge in [-0.05, 0) is 72.3 Å². The van der Waals surface area contributed by atoms with Crippen molar-refractivity contribution in [2.75, 3.05) is 32.7 Å². The highest BCUT2D eigenvalue weighted by atomic mass is 16.5. The summed E-state index contributed by atoms with van der Waals surface area (Å²) >= 11 is 0. The minimum atomic E-state index is 0.0146. The second kappa shape index (κ2) is 13.0. The predicted octanol–water partition coefficient (Wildman–Crippen LogP) is 6.09. The maximum atomic E-state index is 13.2. The third-order valence-electron chi connectivity index (χ3n) is 8.41. The molecule has 0 bridgehead atoms. The third kappa shape index (κ3) is 6.72. The fraction of sp³-hybridized carbons (Fsp3) is 0.278. The van der Waals surface area contributed by atoms with Crippen LogP contribution in [0, 0.1) is 0 Å². The predicted molar refractivity (Wildman–Crippen MR) is 167 cm³/mol. The Hall–Kier alpha value is -4.42. The Morgan fingerprint density at radius 3 is 2.62 bits per heavy atom. The van der Waals surface area contributed by atoms with Crippen molar-refractivity contribution >= 4 is 22.5 Å². The molecular formula is C36H37N3O3. The summed E-state index contributed by atoms with van der Waals surface area (Å²) in [5.41, 5.74) is 4.10. The zero-order valence-corrected chi connectivity index (χ0v) is 23.9. The van der Waals surface area contributed by atoms with Crippen LogP contribution in [0.15, 0.2) is 115 Å². The van der Waals surface area contributed by atoms with E-state index in [9.17, 15) is 9.59 Å². The van der Waals surface area contributed by atoms with Gasteiger partial charge in [-0.3, -0.25) is 9.59 Å². The molecule has 1 aliphatic carbocycles. The molecule has 0 saturated carbocycles. The molecule has 6 heteroatoms. The summed E-state index contributed by atoms with van der Waals surface area (Å²) in [6.07, 6.45) is 14.2. The van der Waals surface area contributed by atoms with Crippen molar-refractivity contribution in [1.82, 2.24) is 15.1 Å². The number of carbonyl (C=O) groups is 2. The Morgan fingerprint density at radius 1 is 0.952 bits per heavy atom. The SMILES string of the molecule is O=C1C=CC=C(C2=CN(CCN3CCC(c4ccccc4C(=O)NCCc4ccc5ccccc5c4)CC3)C=CO2)C1. The lowest BCUT2D eigenvalue weighted by atomic mass is 9.86. The first kappa shape index (κ1) is 27.7. The molecule has 1 amide bonds. The van der Waals surface area contributed by atoms with Gasteiger partial charge in [0.15, 0.2) is 5.78 Å². The first-order chi connectivity index (χ1) is 20.6. The molecule has 42 heavy (non-hydrogen) atoms. The Morgan fingerprint density at radius 2 is 1.76 bits per heavy atom. The van der Waals surface area contributed by atoms with Crippen LogP contribution in [0.5, 0.6) is 0 Å². The van der Waals surface area contributed by atoms with E-state index in [0.29, 0.717) is 18.9 Å². The number of carbonyl (C=O) groups excluding carboxylic acids is 2. The monoisotopic (exact) mass is 559 g/mol. The summed E-state index contributed by atoms with van der Waals surface area (Å²) in [6, 6.07) is 23.0. The molecule has 3 aromatic rings. The van der Waals surface area contributed by atoms with Crippen LogP contribution in [0.25, 0.3) is 10.8 Å². The number of benzene rings is 3. The number of likely N-dealkylation sites (tertiary alicyclic amines) is 1. The minimum Gasteiger partial charge on any atom is -0.462 e. The molecule has 0 atom stereocenters. The number of amides is 1. The van der Waals surface area contributed by atoms with Crippen molar-refractivity contribution in [3.63, 3.8) is 0 Å². The Balaban J connectivity index is 0.991. The second-order valence-corrected chi connectivity index (χ2v) is 11.2. The van der Waals surface area contributed by atoms with E-state index < -0.39 is 0 Å². The van der Waals surface area contributed by atoms with Crippen molar-refractivity contribution in [1.29, 1.82) is 0 Å². The first-order valence-corrected chi connectivity index (χ1v) is 14.9. The summed E-state index contributed by atoms with van der Waals surface area (Å²) in [6.45, 7) is 4.40. The maximum Gasteiger partial charge on any atom is 0.251 e. The highest BCUT2D eigenvalue weighted by Gasteiger charge is 2.24. The van der Waals surface area contributed by atoms with E-state index in [-0.39, 0.29) is 11.7 Å². The molecule has 1 N–H and O–H groups in total. The van der Waals surface area contributed by atoms with Crippen LogP contribution in [-0.2, 0) is 16.0 Å². The molecule has 2 aliphatic heterocycles. The highest BCUT2D eigenvalue weighted by molar-refractivity contribution is 5.96. The van der Waals surface area contributed by atoms with Gasteiger partial charge in [-0.1, -0.05) is 72.8 Å². The van der Waals surface area contributed by atoms with Crippen LogP contribution >= 0.6 is 0 Å². The second-order valence-electron chi connectivity index (χ2n) is 11.2. The summed E-state index contributed by atoms with van der Waals surface area (Å²) in [4.78, 5) is 29.6. The normalized spacial score (nSPS) is 17.6. The van der Waals surface area contributed by atoms with Crippen LogP contribution in [0.2, 0.25) is 0 Å². The molecule has 0 spiro atoms. The number of ether oxygens (including phenoxy) is 1. The maximum absolute atomic E-state index is 13.2. The van der Waals surface area contributed by atoms with Crippen LogP contribution in [0.1, 0.15) is 46.7 Å². The molecule has 6 nitrogen and oxygen atoms in total. The molecule has 0 radical (unpaired) electrons. The topological polar surface area (TPSA) is 61.9 Å². The number of hydrogen-bond donors (Lipinski definition) is 1. The first-order valence-electron chi connectivity index (χ1n) is 14.9. The summed E-state index contributed by atoms with van der Waals surface area (Å²) < 4.78 is 5.68. The molecule has 1 saturated heterocycles. The van der Waals surface area contributed by atoms with E-state index in [1.54, 1.807) is 18.4 Å². The van der Waals surface area contributed by atoms with E-state index in [1.165, 1.54) is 16.3 Å². The van der Waals surface area contributed by atoms with E-state index in [0.717, 1.165) is 67.9 Å². The van der Waals surface area contributed by atoms with Crippen LogP contribution in [-0.4, -0.2) is 54.2 Å². The average Bonchev–Trinajstić information content (AvgIpc) is 3.04. The number of hydrogen-bond acceptors (Lipinski definition) is 5. The lowest BCUT2D eigenvalue weighted by molar-refractivity contribution is -0.114. The number of fused-ring (bicyclic) bond motifs is 1. The summed E-state index contributed by atoms with van der Waals surface area (Å²) in [5, 5.41) is 5.63. The van der Waals surface area contributed by atoms with Gasteiger partial charge in [0.1, 0.15) is 12.0 Å². The van der Waals surface area contributed by atoms with Gasteiger partial charge in [0.25, 0.3) is 5.91 Å². The van der Waals surface area contributed by atoms with Crippen molar-refractivity contribution in [3.8, 4) is 0 Å². The number of ketones is 1. The summed E-state index contributed by atoms with van der Waals surface area (Å²) in [7, 11) is 0. The molecule has 214 valence electrons. The summed E-state index contributed by atoms with van der Waals surface area (Å²) in [5.74, 6) is 1.23. The number of nitrogens with one attached hydrogen (secondary N) is 1. The van der Waals surface area contributed by atoms with Crippen molar-refractivity contribution in [3.05, 3.63) is 132 Å². The lowest BCUT2D eigenvalue weighted by Gasteiger charge is -2.34. The van der Waals surface area contributed by atoms with E-state index in [2.05, 4.69) is 63.6 Å². The van der Waals surface area contributed by atoms with Gasteiger partial charge in [0.05, 0.1) is 0 Å². The van der Waals surface area contributed by atoms with Crippen molar-refractivity contribution in [2.45, 2.75) is 31.6 Å². The highest BCUT2D eigenvalue weighted by Crippen LogP contribution is 2.31. The molecular weight excluding hydrogens is 522 g/mol. The Labute approximate surface area is 247 Å². The average molecular weight is 560 g/mol. The molecule has 1 fully saturated rings. The molecule has 0 aromatic heterocycles. The largest absolute Gasteiger partial charge is 0.462 e. The van der Waals surface area contributed by atoms with Gasteiger partial charge < -0.3 is 19.9 Å². The number of nitrogens with zero attached hydrogens (tertiary/aromatic N) is 2. The zero-order chi connectivity index (χ0) is 28.7. The number of allylic oxidation sites excluding steroid dienone is 4. The fourth-order valence-corrected chi connectivity index (χ4v) is 6.04. The van der Waals surface area contributed by atoms with Gasteiger partial charge in [0, 0.05) is 49.6 Å². The molecule has 3 aromatic carbocycles. The Bertz CT molecular complexity index is 1580. The van der Waals surface area contributed by atoms with Gasteiger partial charge in [-0.2, -0.15) is 0 Å². The van der Waals surface area contributed by atoms with E-state index in [4.69, 9.17) is 4.74 Å². The smallest absolute Gasteiger partial charge is 0.251 e. The van der Waals surface area contributed by atoms with Crippen LogP contribution < -0.4 is 5.32 Å². The third-order valence-corrected chi connectivity index (χ3v) is 8.41. The quantitative estimate of drug-likeness (QED) is 0.344. The fourth-order valence-electron chi connectivity index (χ4n) is 6.04. The molecule has 3 aliphatic rings. The van der Waals surface area contributed by atoms with Crippen LogP contribution in [0.4, 0.5) is 0 Å². The van der Waals surface area contributed by atoms with Gasteiger partial charge in [-0.25, -0.2) is 0 Å². The van der Waals surface area contributed by atoms with Crippen molar-refractivity contribution in [2.24, 2.45) is 0 Å². The standard InChI is InChI=1S/C36H37N3O3/c40-32-9-5-8-31(25-32)35-26-39(22-23-42-35)21-20-38-18-15-29(16-19-38)33-10-3-4-11-34(33)36(41)37-17-14-27-12-13-28-6-1-2-7-30(28)24-27/h1-13,22-24,26,29H,14-21,25H2,(H,37,41). The van der Waals surface area contributed by atoms with Crippen molar-refractivity contribution < 1.29 is 14.3 Å². The van der Waals surface area contributed by atoms with Crippen LogP contribution in [0.3, 0.4) is 0 Å². The number of rotatable bonds is 9. The lowest BCUT2D eigenvalue weighted by Crippen LogP contribution is -2.38. The zero-order valence-electron chi connectivity index (χ0n) is 23.9. The number of piperidine rings is 1. The van der Waals surface area contributed by atoms with Gasteiger partial charge in [0.2, 0.25) is 0 Å². The minimum absolute atomic E-state index is 0.0146. The van der Waals surface area contributed by atoms with Gasteiger partial charge >= 0.3 is 0 Å². The van der Waals surface area contributed by atoms with Gasteiger partial charge in [-0.15, -0.1) is 0 Å².